The maximum atomic E-state index is 3.20. The van der Waals surface area contributed by atoms with Crippen molar-refractivity contribution in [3.05, 3.63) is 0 Å². The van der Waals surface area contributed by atoms with Gasteiger partial charge >= 0.3 is 0 Å². The average Bonchev–Trinajstić information content (AvgIpc) is 1.62. The molecule has 0 aromatic heterocycles. The van der Waals surface area contributed by atoms with E-state index in [1.54, 1.807) is 0 Å². The van der Waals surface area contributed by atoms with Crippen molar-refractivity contribution in [1.29, 1.82) is 0 Å². The zero-order chi connectivity index (χ0) is 6.78. The van der Waals surface area contributed by atoms with E-state index in [4.69, 9.17) is 0 Å². The molecule has 1 heteroatoms. The van der Waals surface area contributed by atoms with Crippen LogP contribution in [0.5, 0.6) is 0 Å². The molecule has 0 fully saturated rings. The highest BCUT2D eigenvalue weighted by Crippen LogP contribution is 2.17. The summed E-state index contributed by atoms with van der Waals surface area (Å²) in [5.41, 5.74) is 0.398. The van der Waals surface area contributed by atoms with Crippen LogP contribution in [0.25, 0.3) is 0 Å². The SMILES string of the molecule is CN[C@H](C)C(C)(C)C. The summed E-state index contributed by atoms with van der Waals surface area (Å²) >= 11 is 0. The predicted molar refractivity (Wildman–Crippen MR) is 38.0 cm³/mol. The van der Waals surface area contributed by atoms with Gasteiger partial charge < -0.3 is 5.32 Å². The van der Waals surface area contributed by atoms with Crippen molar-refractivity contribution in [2.45, 2.75) is 33.7 Å². The van der Waals surface area contributed by atoms with Gasteiger partial charge in [-0.05, 0) is 19.4 Å². The molecule has 0 aromatic carbocycles. The first kappa shape index (κ1) is 7.96. The van der Waals surface area contributed by atoms with Crippen LogP contribution in [0.15, 0.2) is 0 Å². The van der Waals surface area contributed by atoms with E-state index in [1.807, 2.05) is 7.05 Å². The molecule has 1 N–H and O–H groups in total. The Kier molecular flexibility index (Phi) is 2.48. The standard InChI is InChI=1S/C7H17N/c1-6(8-5)7(2,3)4/h6,8H,1-5H3/t6-/m1/s1. The molecule has 0 aliphatic rings. The van der Waals surface area contributed by atoms with Gasteiger partial charge in [0.25, 0.3) is 0 Å². The Bertz CT molecular complexity index is 61.3. The molecule has 0 aromatic rings. The average molecular weight is 115 g/mol. The molecule has 1 atom stereocenters. The van der Waals surface area contributed by atoms with Crippen LogP contribution >= 0.6 is 0 Å². The third kappa shape index (κ3) is 2.31. The van der Waals surface area contributed by atoms with Crippen molar-refractivity contribution in [1.82, 2.24) is 5.32 Å². The molecule has 50 valence electrons. The summed E-state index contributed by atoms with van der Waals surface area (Å²) < 4.78 is 0. The Balaban J connectivity index is 3.62. The van der Waals surface area contributed by atoms with Crippen molar-refractivity contribution < 1.29 is 0 Å². The fourth-order valence-corrected chi connectivity index (χ4v) is 0.433. The van der Waals surface area contributed by atoms with Crippen LogP contribution in [-0.2, 0) is 0 Å². The number of hydrogen-bond acceptors (Lipinski definition) is 1. The second kappa shape index (κ2) is 2.49. The Morgan fingerprint density at radius 1 is 1.25 bits per heavy atom. The Morgan fingerprint density at radius 3 is 1.62 bits per heavy atom. The van der Waals surface area contributed by atoms with Crippen LogP contribution in [-0.4, -0.2) is 13.1 Å². The molecule has 0 aliphatic carbocycles. The molecule has 0 rings (SSSR count). The third-order valence-electron chi connectivity index (χ3n) is 1.73. The van der Waals surface area contributed by atoms with Gasteiger partial charge in [-0.1, -0.05) is 20.8 Å². The minimum atomic E-state index is 0.398. The maximum absolute atomic E-state index is 3.20. The van der Waals surface area contributed by atoms with E-state index >= 15 is 0 Å². The van der Waals surface area contributed by atoms with Crippen LogP contribution in [0.3, 0.4) is 0 Å². The highest BCUT2D eigenvalue weighted by molar-refractivity contribution is 4.73. The van der Waals surface area contributed by atoms with E-state index in [0.29, 0.717) is 11.5 Å². The van der Waals surface area contributed by atoms with E-state index in [-0.39, 0.29) is 0 Å². The molecule has 0 heterocycles. The summed E-state index contributed by atoms with van der Waals surface area (Å²) in [7, 11) is 2.00. The van der Waals surface area contributed by atoms with E-state index in [1.165, 1.54) is 0 Å². The van der Waals surface area contributed by atoms with Crippen molar-refractivity contribution in [2.24, 2.45) is 5.41 Å². The normalized spacial score (nSPS) is 16.1. The molecule has 8 heavy (non-hydrogen) atoms. The van der Waals surface area contributed by atoms with Crippen molar-refractivity contribution in [2.75, 3.05) is 7.05 Å². The van der Waals surface area contributed by atoms with Crippen molar-refractivity contribution in [3.8, 4) is 0 Å². The summed E-state index contributed by atoms with van der Waals surface area (Å²) in [6.45, 7) is 8.89. The third-order valence-corrected chi connectivity index (χ3v) is 1.73. The maximum Gasteiger partial charge on any atom is 0.00842 e. The summed E-state index contributed by atoms with van der Waals surface area (Å²) in [6, 6.07) is 0.600. The molecule has 1 nitrogen and oxygen atoms in total. The van der Waals surface area contributed by atoms with E-state index in [2.05, 4.69) is 33.0 Å². The highest BCUT2D eigenvalue weighted by Gasteiger charge is 2.16. The minimum absolute atomic E-state index is 0.398. The van der Waals surface area contributed by atoms with Gasteiger partial charge in [-0.15, -0.1) is 0 Å². The van der Waals surface area contributed by atoms with Gasteiger partial charge in [0.05, 0.1) is 0 Å². The summed E-state index contributed by atoms with van der Waals surface area (Å²) in [4.78, 5) is 0. The molecular weight excluding hydrogens is 98.1 g/mol. The van der Waals surface area contributed by atoms with Crippen LogP contribution < -0.4 is 5.32 Å². The fourth-order valence-electron chi connectivity index (χ4n) is 0.433. The monoisotopic (exact) mass is 115 g/mol. The fraction of sp³-hybridized carbons (Fsp3) is 1.00. The number of nitrogens with one attached hydrogen (secondary N) is 1. The quantitative estimate of drug-likeness (QED) is 0.548. The first-order valence-electron chi connectivity index (χ1n) is 3.15. The van der Waals surface area contributed by atoms with E-state index in [9.17, 15) is 0 Å². The second-order valence-electron chi connectivity index (χ2n) is 3.38. The number of rotatable bonds is 1. The van der Waals surface area contributed by atoms with Gasteiger partial charge in [0.1, 0.15) is 0 Å². The first-order chi connectivity index (χ1) is 3.48. The number of hydrogen-bond donors (Lipinski definition) is 1. The zero-order valence-corrected chi connectivity index (χ0v) is 6.58. The van der Waals surface area contributed by atoms with Crippen LogP contribution in [0, 0.1) is 5.41 Å². The molecule has 0 aliphatic heterocycles. The molecule has 0 saturated heterocycles. The Labute approximate surface area is 52.5 Å². The van der Waals surface area contributed by atoms with E-state index < -0.39 is 0 Å². The van der Waals surface area contributed by atoms with Gasteiger partial charge in [0.15, 0.2) is 0 Å². The van der Waals surface area contributed by atoms with Crippen molar-refractivity contribution >= 4 is 0 Å². The topological polar surface area (TPSA) is 12.0 Å². The van der Waals surface area contributed by atoms with Gasteiger partial charge in [-0.25, -0.2) is 0 Å². The lowest BCUT2D eigenvalue weighted by atomic mass is 9.88. The molecule has 0 amide bonds. The lowest BCUT2D eigenvalue weighted by Gasteiger charge is -2.26. The van der Waals surface area contributed by atoms with Crippen LogP contribution in [0.4, 0.5) is 0 Å². The van der Waals surface area contributed by atoms with Crippen LogP contribution in [0.1, 0.15) is 27.7 Å². The second-order valence-corrected chi connectivity index (χ2v) is 3.38. The lowest BCUT2D eigenvalue weighted by Crippen LogP contribution is -2.34. The van der Waals surface area contributed by atoms with Gasteiger partial charge in [0.2, 0.25) is 0 Å². The van der Waals surface area contributed by atoms with Gasteiger partial charge in [-0.2, -0.15) is 0 Å². The van der Waals surface area contributed by atoms with Crippen molar-refractivity contribution in [3.63, 3.8) is 0 Å². The minimum Gasteiger partial charge on any atom is -0.317 e. The molecule has 0 saturated carbocycles. The zero-order valence-electron chi connectivity index (χ0n) is 6.58. The molecule has 0 unspecified atom stereocenters. The lowest BCUT2D eigenvalue weighted by molar-refractivity contribution is 0.301. The summed E-state index contributed by atoms with van der Waals surface area (Å²) in [5, 5.41) is 3.20. The Hall–Kier alpha value is -0.0400. The van der Waals surface area contributed by atoms with E-state index in [0.717, 1.165) is 0 Å². The Morgan fingerprint density at radius 2 is 1.62 bits per heavy atom. The molecular formula is C7H17N. The van der Waals surface area contributed by atoms with Gasteiger partial charge in [0, 0.05) is 6.04 Å². The first-order valence-corrected chi connectivity index (χ1v) is 3.15. The van der Waals surface area contributed by atoms with Crippen LogP contribution in [0.2, 0.25) is 0 Å². The molecule has 0 bridgehead atoms. The highest BCUT2D eigenvalue weighted by atomic mass is 14.9. The summed E-state index contributed by atoms with van der Waals surface area (Å²) in [5.74, 6) is 0. The summed E-state index contributed by atoms with van der Waals surface area (Å²) in [6.07, 6.45) is 0. The molecule has 0 spiro atoms. The largest absolute Gasteiger partial charge is 0.317 e. The predicted octanol–water partition coefficient (Wildman–Crippen LogP) is 1.64. The van der Waals surface area contributed by atoms with Gasteiger partial charge in [-0.3, -0.25) is 0 Å². The molecule has 0 radical (unpaired) electrons. The smallest absolute Gasteiger partial charge is 0.00842 e.